The average Bonchev–Trinajstić information content (AvgIpc) is 2.96. The van der Waals surface area contributed by atoms with Crippen LogP contribution in [-0.2, 0) is 11.2 Å². The van der Waals surface area contributed by atoms with Gasteiger partial charge in [-0.25, -0.2) is 4.98 Å². The lowest BCUT2D eigenvalue weighted by atomic mass is 9.98. The molecule has 0 radical (unpaired) electrons. The van der Waals surface area contributed by atoms with Gasteiger partial charge < -0.3 is 10.0 Å². The van der Waals surface area contributed by atoms with Gasteiger partial charge in [-0.1, -0.05) is 18.2 Å². The van der Waals surface area contributed by atoms with Crippen LogP contribution in [0.3, 0.4) is 0 Å². The summed E-state index contributed by atoms with van der Waals surface area (Å²) in [7, 11) is 0. The summed E-state index contributed by atoms with van der Waals surface area (Å²) in [4.78, 5) is 20.1. The lowest BCUT2D eigenvalue weighted by Crippen LogP contribution is -2.39. The van der Waals surface area contributed by atoms with Gasteiger partial charge in [-0.05, 0) is 25.8 Å². The van der Waals surface area contributed by atoms with Crippen LogP contribution in [0.2, 0.25) is 0 Å². The molecule has 3 rings (SSSR count). The molecule has 2 aromatic rings. The highest BCUT2D eigenvalue weighted by molar-refractivity contribution is 7.11. The van der Waals surface area contributed by atoms with E-state index >= 15 is 0 Å². The number of aryl methyl sites for hydroxylation is 1. The van der Waals surface area contributed by atoms with Crippen LogP contribution >= 0.6 is 11.3 Å². The van der Waals surface area contributed by atoms with E-state index in [1.807, 2.05) is 17.2 Å². The molecule has 1 saturated heterocycles. The Hall–Kier alpha value is -1.88. The van der Waals surface area contributed by atoms with E-state index in [0.29, 0.717) is 11.5 Å². The molecular formula is C17H20N2O2S. The normalized spacial score (nSPS) is 18.4. The second-order valence-corrected chi connectivity index (χ2v) is 7.06. The summed E-state index contributed by atoms with van der Waals surface area (Å²) in [6, 6.07) is 7.05. The third kappa shape index (κ3) is 3.30. The predicted molar refractivity (Wildman–Crippen MR) is 87.2 cm³/mol. The highest BCUT2D eigenvalue weighted by Gasteiger charge is 2.26. The number of phenolic OH excluding ortho intramolecular Hbond substituents is 1. The number of nitrogens with zero attached hydrogens (tertiary/aromatic N) is 2. The number of amides is 1. The molecule has 5 heteroatoms. The van der Waals surface area contributed by atoms with Crippen LogP contribution in [0.15, 0.2) is 30.5 Å². The molecule has 4 nitrogen and oxygen atoms in total. The zero-order valence-corrected chi connectivity index (χ0v) is 13.5. The van der Waals surface area contributed by atoms with Crippen LogP contribution in [0, 0.1) is 6.92 Å². The van der Waals surface area contributed by atoms with Crippen molar-refractivity contribution >= 4 is 17.2 Å². The second kappa shape index (κ2) is 6.48. The van der Waals surface area contributed by atoms with Crippen molar-refractivity contribution in [3.8, 4) is 5.75 Å². The third-order valence-corrected chi connectivity index (χ3v) is 5.17. The maximum absolute atomic E-state index is 12.5. The molecule has 116 valence electrons. The number of carbonyl (C=O) groups is 1. The fraction of sp³-hybridized carbons (Fsp3) is 0.412. The van der Waals surface area contributed by atoms with Crippen molar-refractivity contribution in [2.75, 3.05) is 13.1 Å². The molecule has 1 atom stereocenters. The fourth-order valence-corrected chi connectivity index (χ4v) is 3.80. The van der Waals surface area contributed by atoms with E-state index in [1.165, 1.54) is 4.88 Å². The van der Waals surface area contributed by atoms with Crippen LogP contribution in [0.25, 0.3) is 0 Å². The Morgan fingerprint density at radius 1 is 1.45 bits per heavy atom. The highest BCUT2D eigenvalue weighted by Crippen LogP contribution is 2.30. The summed E-state index contributed by atoms with van der Waals surface area (Å²) in [6.45, 7) is 3.60. The molecule has 1 fully saturated rings. The van der Waals surface area contributed by atoms with Crippen LogP contribution in [-0.4, -0.2) is 34.0 Å². The van der Waals surface area contributed by atoms with E-state index in [2.05, 4.69) is 11.9 Å². The Morgan fingerprint density at radius 2 is 2.27 bits per heavy atom. The first-order valence-electron chi connectivity index (χ1n) is 7.60. The first-order valence-corrected chi connectivity index (χ1v) is 8.42. The Kier molecular flexibility index (Phi) is 4.43. The number of phenols is 1. The van der Waals surface area contributed by atoms with Gasteiger partial charge in [0.25, 0.3) is 0 Å². The molecule has 1 aromatic heterocycles. The quantitative estimate of drug-likeness (QED) is 0.946. The van der Waals surface area contributed by atoms with Crippen LogP contribution in [0.1, 0.15) is 34.2 Å². The molecule has 0 aliphatic carbocycles. The van der Waals surface area contributed by atoms with Gasteiger partial charge in [-0.3, -0.25) is 4.79 Å². The van der Waals surface area contributed by atoms with E-state index in [-0.39, 0.29) is 18.1 Å². The minimum atomic E-state index is 0.0829. The molecule has 0 bridgehead atoms. The lowest BCUT2D eigenvalue weighted by molar-refractivity contribution is -0.131. The fourth-order valence-electron chi connectivity index (χ4n) is 2.90. The summed E-state index contributed by atoms with van der Waals surface area (Å²) in [5, 5.41) is 10.9. The number of rotatable bonds is 3. The standard InChI is InChI=1S/C17H20N2O2S/c1-12-10-18-17(22-12)14-6-4-8-19(11-14)16(21)9-13-5-2-3-7-15(13)20/h2-3,5,7,10,14,20H,4,6,8-9,11H2,1H3. The van der Waals surface area contributed by atoms with Crippen LogP contribution in [0.4, 0.5) is 0 Å². The topological polar surface area (TPSA) is 53.4 Å². The summed E-state index contributed by atoms with van der Waals surface area (Å²) >= 11 is 1.73. The number of carbonyl (C=O) groups excluding carboxylic acids is 1. The number of hydrogen-bond donors (Lipinski definition) is 1. The number of para-hydroxylation sites is 1. The zero-order chi connectivity index (χ0) is 15.5. The molecule has 22 heavy (non-hydrogen) atoms. The van der Waals surface area contributed by atoms with E-state index in [1.54, 1.807) is 29.5 Å². The Balaban J connectivity index is 1.66. The lowest BCUT2D eigenvalue weighted by Gasteiger charge is -2.32. The minimum absolute atomic E-state index is 0.0829. The van der Waals surface area contributed by atoms with Gasteiger partial charge in [0, 0.05) is 35.6 Å². The number of aromatic nitrogens is 1. The molecule has 1 aromatic carbocycles. The van der Waals surface area contributed by atoms with Crippen LogP contribution in [0.5, 0.6) is 5.75 Å². The van der Waals surface area contributed by atoms with E-state index in [9.17, 15) is 9.90 Å². The van der Waals surface area contributed by atoms with Crippen LogP contribution < -0.4 is 0 Å². The summed E-state index contributed by atoms with van der Waals surface area (Å²) in [5.74, 6) is 0.625. The van der Waals surface area contributed by atoms with Crippen molar-refractivity contribution in [2.24, 2.45) is 0 Å². The number of likely N-dealkylation sites (tertiary alicyclic amines) is 1. The zero-order valence-electron chi connectivity index (χ0n) is 12.7. The molecule has 1 N–H and O–H groups in total. The predicted octanol–water partition coefficient (Wildman–Crippen LogP) is 3.11. The number of piperidine rings is 1. The molecule has 1 unspecified atom stereocenters. The summed E-state index contributed by atoms with van der Waals surface area (Å²) < 4.78 is 0. The molecule has 1 aliphatic heterocycles. The third-order valence-electron chi connectivity index (χ3n) is 4.10. The highest BCUT2D eigenvalue weighted by atomic mass is 32.1. The van der Waals surface area contributed by atoms with Crippen molar-refractivity contribution in [1.29, 1.82) is 0 Å². The van der Waals surface area contributed by atoms with Gasteiger partial charge in [0.1, 0.15) is 5.75 Å². The Labute approximate surface area is 134 Å². The first-order chi connectivity index (χ1) is 10.6. The molecular weight excluding hydrogens is 296 g/mol. The number of aromatic hydroxyl groups is 1. The number of thiazole rings is 1. The van der Waals surface area contributed by atoms with Gasteiger partial charge in [0.05, 0.1) is 11.4 Å². The molecule has 0 saturated carbocycles. The molecule has 1 aliphatic rings. The number of benzene rings is 1. The molecule has 1 amide bonds. The van der Waals surface area contributed by atoms with Crippen molar-refractivity contribution in [3.63, 3.8) is 0 Å². The summed E-state index contributed by atoms with van der Waals surface area (Å²) in [6.07, 6.45) is 4.27. The first kappa shape index (κ1) is 15.0. The molecule has 2 heterocycles. The van der Waals surface area contributed by atoms with Gasteiger partial charge >= 0.3 is 0 Å². The Morgan fingerprint density at radius 3 is 3.00 bits per heavy atom. The minimum Gasteiger partial charge on any atom is -0.508 e. The van der Waals surface area contributed by atoms with Crippen molar-refractivity contribution < 1.29 is 9.90 Å². The van der Waals surface area contributed by atoms with Crippen molar-refractivity contribution in [1.82, 2.24) is 9.88 Å². The maximum atomic E-state index is 12.5. The smallest absolute Gasteiger partial charge is 0.227 e. The molecule has 0 spiro atoms. The largest absolute Gasteiger partial charge is 0.508 e. The van der Waals surface area contributed by atoms with Gasteiger partial charge in [0.15, 0.2) is 0 Å². The Bertz CT molecular complexity index is 668. The van der Waals surface area contributed by atoms with E-state index < -0.39 is 0 Å². The SMILES string of the molecule is Cc1cnc(C2CCCN(C(=O)Cc3ccccc3O)C2)s1. The number of hydrogen-bond acceptors (Lipinski definition) is 4. The maximum Gasteiger partial charge on any atom is 0.227 e. The van der Waals surface area contributed by atoms with Gasteiger partial charge in [-0.15, -0.1) is 11.3 Å². The monoisotopic (exact) mass is 316 g/mol. The van der Waals surface area contributed by atoms with Gasteiger partial charge in [-0.2, -0.15) is 0 Å². The van der Waals surface area contributed by atoms with Crippen molar-refractivity contribution in [2.45, 2.75) is 32.1 Å². The van der Waals surface area contributed by atoms with E-state index in [4.69, 9.17) is 0 Å². The summed E-state index contributed by atoms with van der Waals surface area (Å²) in [5.41, 5.74) is 0.694. The van der Waals surface area contributed by atoms with Crippen molar-refractivity contribution in [3.05, 3.63) is 45.9 Å². The average molecular weight is 316 g/mol. The second-order valence-electron chi connectivity index (χ2n) is 5.79. The van der Waals surface area contributed by atoms with E-state index in [0.717, 1.165) is 30.9 Å². The van der Waals surface area contributed by atoms with Gasteiger partial charge in [0.2, 0.25) is 5.91 Å².